The van der Waals surface area contributed by atoms with Crippen LogP contribution in [-0.4, -0.2) is 24.0 Å². The highest BCUT2D eigenvalue weighted by molar-refractivity contribution is 7.07. The molecule has 3 rings (SSSR count). The summed E-state index contributed by atoms with van der Waals surface area (Å²) in [6, 6.07) is 16.1. The van der Waals surface area contributed by atoms with E-state index in [4.69, 9.17) is 9.73 Å². The van der Waals surface area contributed by atoms with E-state index in [1.165, 1.54) is 5.56 Å². The van der Waals surface area contributed by atoms with E-state index in [0.29, 0.717) is 19.1 Å². The lowest BCUT2D eigenvalue weighted by molar-refractivity contribution is 0.301. The second kappa shape index (κ2) is 11.2. The molecular formula is C23H28N4OS. The van der Waals surface area contributed by atoms with Crippen LogP contribution >= 0.6 is 11.3 Å². The number of benzene rings is 1. The van der Waals surface area contributed by atoms with Gasteiger partial charge in [0.05, 0.1) is 12.2 Å². The van der Waals surface area contributed by atoms with E-state index in [1.807, 2.05) is 30.3 Å². The fraction of sp³-hybridized carbons (Fsp3) is 0.304. The number of thiophene rings is 1. The topological polar surface area (TPSA) is 58.5 Å². The Labute approximate surface area is 176 Å². The lowest BCUT2D eigenvalue weighted by Gasteiger charge is -2.15. The Morgan fingerprint density at radius 1 is 1.14 bits per heavy atom. The highest BCUT2D eigenvalue weighted by atomic mass is 32.1. The van der Waals surface area contributed by atoms with Crippen molar-refractivity contribution in [1.29, 1.82) is 0 Å². The maximum absolute atomic E-state index is 5.79. The summed E-state index contributed by atoms with van der Waals surface area (Å²) in [4.78, 5) is 8.97. The average Bonchev–Trinajstić information content (AvgIpc) is 3.30. The summed E-state index contributed by atoms with van der Waals surface area (Å²) < 4.78 is 5.79. The molecule has 2 N–H and O–H groups in total. The van der Waals surface area contributed by atoms with Gasteiger partial charge in [0.1, 0.15) is 12.4 Å². The SMILES string of the molecule is CCNC(=NCc1ccc(OCc2ccccn2)cc1)NCC(C)c1ccsc1. The van der Waals surface area contributed by atoms with Crippen molar-refractivity contribution in [2.24, 2.45) is 4.99 Å². The quantitative estimate of drug-likeness (QED) is 0.402. The summed E-state index contributed by atoms with van der Waals surface area (Å²) in [6.45, 7) is 7.06. The van der Waals surface area contributed by atoms with Crippen LogP contribution in [0.4, 0.5) is 0 Å². The van der Waals surface area contributed by atoms with Crippen molar-refractivity contribution in [1.82, 2.24) is 15.6 Å². The smallest absolute Gasteiger partial charge is 0.191 e. The van der Waals surface area contributed by atoms with Gasteiger partial charge in [-0.15, -0.1) is 0 Å². The van der Waals surface area contributed by atoms with Crippen molar-refractivity contribution in [3.8, 4) is 5.75 Å². The van der Waals surface area contributed by atoms with Crippen LogP contribution in [0, 0.1) is 0 Å². The number of aromatic nitrogens is 1. The summed E-state index contributed by atoms with van der Waals surface area (Å²) in [5.74, 6) is 2.11. The second-order valence-electron chi connectivity index (χ2n) is 6.79. The number of aliphatic imine (C=N–C) groups is 1. The molecule has 2 aromatic heterocycles. The van der Waals surface area contributed by atoms with Crippen LogP contribution in [0.5, 0.6) is 5.75 Å². The molecule has 0 saturated heterocycles. The number of pyridine rings is 1. The van der Waals surface area contributed by atoms with Crippen molar-refractivity contribution in [3.63, 3.8) is 0 Å². The first kappa shape index (κ1) is 20.9. The van der Waals surface area contributed by atoms with E-state index in [9.17, 15) is 0 Å². The molecule has 0 bridgehead atoms. The van der Waals surface area contributed by atoms with E-state index < -0.39 is 0 Å². The van der Waals surface area contributed by atoms with E-state index in [-0.39, 0.29) is 0 Å². The lowest BCUT2D eigenvalue weighted by atomic mass is 10.1. The first-order valence-corrected chi connectivity index (χ1v) is 10.8. The van der Waals surface area contributed by atoms with Crippen LogP contribution in [0.1, 0.15) is 36.6 Å². The van der Waals surface area contributed by atoms with E-state index in [2.05, 4.69) is 58.4 Å². The maximum atomic E-state index is 5.79. The summed E-state index contributed by atoms with van der Waals surface area (Å²) in [5.41, 5.74) is 3.41. The Bertz CT molecular complexity index is 864. The van der Waals surface area contributed by atoms with Gasteiger partial charge in [-0.3, -0.25) is 4.98 Å². The van der Waals surface area contributed by atoms with E-state index in [0.717, 1.165) is 36.1 Å². The van der Waals surface area contributed by atoms with Gasteiger partial charge in [0, 0.05) is 19.3 Å². The van der Waals surface area contributed by atoms with E-state index >= 15 is 0 Å². The molecule has 29 heavy (non-hydrogen) atoms. The van der Waals surface area contributed by atoms with E-state index in [1.54, 1.807) is 17.5 Å². The van der Waals surface area contributed by atoms with Gasteiger partial charge in [-0.1, -0.05) is 25.1 Å². The molecule has 3 aromatic rings. The standard InChI is InChI=1S/C23H28N4OS/c1-3-24-23(26-14-18(2)20-11-13-29-17-20)27-15-19-7-9-22(10-8-19)28-16-21-6-4-5-12-25-21/h4-13,17-18H,3,14-16H2,1-2H3,(H2,24,26,27). The molecule has 0 amide bonds. The third kappa shape index (κ3) is 6.91. The lowest BCUT2D eigenvalue weighted by Crippen LogP contribution is -2.39. The first-order chi connectivity index (χ1) is 14.2. The van der Waals surface area contributed by atoms with Gasteiger partial charge in [0.15, 0.2) is 5.96 Å². The Morgan fingerprint density at radius 2 is 2.00 bits per heavy atom. The molecule has 0 fully saturated rings. The van der Waals surface area contributed by atoms with Gasteiger partial charge in [0.2, 0.25) is 0 Å². The molecular weight excluding hydrogens is 380 g/mol. The molecule has 0 aliphatic heterocycles. The highest BCUT2D eigenvalue weighted by Crippen LogP contribution is 2.17. The minimum Gasteiger partial charge on any atom is -0.487 e. The van der Waals surface area contributed by atoms with Gasteiger partial charge in [-0.2, -0.15) is 11.3 Å². The molecule has 1 atom stereocenters. The summed E-state index contributed by atoms with van der Waals surface area (Å²) in [7, 11) is 0. The first-order valence-electron chi connectivity index (χ1n) is 9.90. The van der Waals surface area contributed by atoms with Crippen LogP contribution in [0.3, 0.4) is 0 Å². The zero-order valence-corrected chi connectivity index (χ0v) is 17.8. The number of hydrogen-bond acceptors (Lipinski definition) is 4. The number of ether oxygens (including phenoxy) is 1. The fourth-order valence-electron chi connectivity index (χ4n) is 2.77. The van der Waals surface area contributed by atoms with Crippen LogP contribution in [0.25, 0.3) is 0 Å². The second-order valence-corrected chi connectivity index (χ2v) is 7.57. The minimum absolute atomic E-state index is 0.445. The van der Waals surface area contributed by atoms with Gasteiger partial charge in [0.25, 0.3) is 0 Å². The molecule has 1 unspecified atom stereocenters. The van der Waals surface area contributed by atoms with Crippen LogP contribution in [0.2, 0.25) is 0 Å². The molecule has 1 aromatic carbocycles. The zero-order chi connectivity index (χ0) is 20.3. The third-order valence-electron chi connectivity index (χ3n) is 4.49. The molecule has 5 nitrogen and oxygen atoms in total. The fourth-order valence-corrected chi connectivity index (χ4v) is 3.55. The highest BCUT2D eigenvalue weighted by Gasteiger charge is 2.07. The van der Waals surface area contributed by atoms with Crippen LogP contribution in [0.15, 0.2) is 70.5 Å². The van der Waals surface area contributed by atoms with Crippen molar-refractivity contribution in [3.05, 3.63) is 82.3 Å². The molecule has 0 aliphatic rings. The number of nitrogens with zero attached hydrogens (tertiary/aromatic N) is 2. The predicted molar refractivity (Wildman–Crippen MR) is 121 cm³/mol. The third-order valence-corrected chi connectivity index (χ3v) is 5.19. The number of hydrogen-bond donors (Lipinski definition) is 2. The van der Waals surface area contributed by atoms with Crippen molar-refractivity contribution in [2.45, 2.75) is 32.9 Å². The molecule has 0 aliphatic carbocycles. The Morgan fingerprint density at radius 3 is 2.69 bits per heavy atom. The monoisotopic (exact) mass is 408 g/mol. The molecule has 152 valence electrons. The molecule has 2 heterocycles. The number of guanidine groups is 1. The zero-order valence-electron chi connectivity index (χ0n) is 17.0. The number of nitrogens with one attached hydrogen (secondary N) is 2. The van der Waals surface area contributed by atoms with Crippen LogP contribution < -0.4 is 15.4 Å². The molecule has 6 heteroatoms. The van der Waals surface area contributed by atoms with Crippen molar-refractivity contribution < 1.29 is 4.74 Å². The van der Waals surface area contributed by atoms with Crippen molar-refractivity contribution >= 4 is 17.3 Å². The number of rotatable bonds is 9. The van der Waals surface area contributed by atoms with Crippen molar-refractivity contribution in [2.75, 3.05) is 13.1 Å². The predicted octanol–water partition coefficient (Wildman–Crippen LogP) is 4.58. The molecule has 0 saturated carbocycles. The maximum Gasteiger partial charge on any atom is 0.191 e. The largest absolute Gasteiger partial charge is 0.487 e. The van der Waals surface area contributed by atoms with Gasteiger partial charge < -0.3 is 15.4 Å². The minimum atomic E-state index is 0.445. The Balaban J connectivity index is 1.50. The average molecular weight is 409 g/mol. The van der Waals surface area contributed by atoms with Gasteiger partial charge >= 0.3 is 0 Å². The summed E-state index contributed by atoms with van der Waals surface area (Å²) in [5, 5.41) is 11.1. The normalized spacial score (nSPS) is 12.4. The Hall–Kier alpha value is -2.86. The molecule has 0 radical (unpaired) electrons. The van der Waals surface area contributed by atoms with Crippen LogP contribution in [-0.2, 0) is 13.2 Å². The Kier molecular flexibility index (Phi) is 8.07. The summed E-state index contributed by atoms with van der Waals surface area (Å²) >= 11 is 1.74. The summed E-state index contributed by atoms with van der Waals surface area (Å²) in [6.07, 6.45) is 1.77. The van der Waals surface area contributed by atoms with Gasteiger partial charge in [-0.25, -0.2) is 4.99 Å². The molecule has 0 spiro atoms. The van der Waals surface area contributed by atoms with Gasteiger partial charge in [-0.05, 0) is 65.1 Å².